The molecule has 1 aromatic heterocycles. The van der Waals surface area contributed by atoms with Crippen molar-refractivity contribution in [2.45, 2.75) is 24.3 Å². The van der Waals surface area contributed by atoms with Gasteiger partial charge in [0.2, 0.25) is 10.0 Å². The summed E-state index contributed by atoms with van der Waals surface area (Å²) in [6, 6.07) is 4.58. The predicted octanol–water partition coefficient (Wildman–Crippen LogP) is 0.345. The Labute approximate surface area is 112 Å². The van der Waals surface area contributed by atoms with Crippen LogP contribution in [0, 0.1) is 17.2 Å². The van der Waals surface area contributed by atoms with Gasteiger partial charge in [-0.25, -0.2) is 13.4 Å². The van der Waals surface area contributed by atoms with Gasteiger partial charge in [-0.3, -0.25) is 0 Å². The molecule has 2 atom stereocenters. The lowest BCUT2D eigenvalue weighted by Crippen LogP contribution is -2.45. The van der Waals surface area contributed by atoms with Crippen molar-refractivity contribution < 1.29 is 13.5 Å². The predicted molar refractivity (Wildman–Crippen MR) is 67.5 cm³/mol. The standard InChI is InChI=1S/C12H15N3O3S/c1-9-4-5-15(8-12(9)16)19(17,18)11-3-2-10(6-13)14-7-11/h2-3,7,9,12,16H,4-5,8H2,1H3. The second-order valence-electron chi connectivity index (χ2n) is 4.69. The third-order valence-electron chi connectivity index (χ3n) is 3.37. The first-order chi connectivity index (χ1) is 8.95. The Morgan fingerprint density at radius 3 is 2.79 bits per heavy atom. The molecule has 0 aliphatic carbocycles. The van der Waals surface area contributed by atoms with E-state index < -0.39 is 16.1 Å². The number of piperidine rings is 1. The van der Waals surface area contributed by atoms with E-state index in [2.05, 4.69) is 4.98 Å². The van der Waals surface area contributed by atoms with Gasteiger partial charge in [-0.2, -0.15) is 9.57 Å². The number of sulfonamides is 1. The first-order valence-corrected chi connectivity index (χ1v) is 7.43. The lowest BCUT2D eigenvalue weighted by Gasteiger charge is -2.33. The van der Waals surface area contributed by atoms with Crippen LogP contribution in [0.1, 0.15) is 19.0 Å². The average Bonchev–Trinajstić information content (AvgIpc) is 2.41. The van der Waals surface area contributed by atoms with E-state index in [1.807, 2.05) is 13.0 Å². The third kappa shape index (κ3) is 2.76. The van der Waals surface area contributed by atoms with E-state index in [1.54, 1.807) is 0 Å². The molecule has 0 radical (unpaired) electrons. The van der Waals surface area contributed by atoms with Crippen molar-refractivity contribution in [2.75, 3.05) is 13.1 Å². The molecule has 102 valence electrons. The van der Waals surface area contributed by atoms with Gasteiger partial charge in [0.15, 0.2) is 0 Å². The molecule has 0 amide bonds. The number of hydrogen-bond acceptors (Lipinski definition) is 5. The Kier molecular flexibility index (Phi) is 3.85. The fourth-order valence-electron chi connectivity index (χ4n) is 1.99. The highest BCUT2D eigenvalue weighted by Gasteiger charge is 2.32. The quantitative estimate of drug-likeness (QED) is 0.843. The van der Waals surface area contributed by atoms with Crippen LogP contribution in [0.25, 0.3) is 0 Å². The Hall–Kier alpha value is -1.49. The summed E-state index contributed by atoms with van der Waals surface area (Å²) in [6.07, 6.45) is 1.16. The van der Waals surface area contributed by atoms with Crippen LogP contribution in [0.15, 0.2) is 23.2 Å². The van der Waals surface area contributed by atoms with Gasteiger partial charge in [0.05, 0.1) is 6.10 Å². The summed E-state index contributed by atoms with van der Waals surface area (Å²) < 4.78 is 25.9. The minimum atomic E-state index is -3.64. The molecule has 2 rings (SSSR count). The molecule has 1 fully saturated rings. The molecule has 1 saturated heterocycles. The van der Waals surface area contributed by atoms with Crippen LogP contribution in [-0.2, 0) is 10.0 Å². The van der Waals surface area contributed by atoms with E-state index in [0.717, 1.165) is 0 Å². The minimum absolute atomic E-state index is 0.0493. The summed E-state index contributed by atoms with van der Waals surface area (Å²) in [5, 5.41) is 18.4. The van der Waals surface area contributed by atoms with E-state index in [4.69, 9.17) is 5.26 Å². The molecule has 1 aliphatic rings. The smallest absolute Gasteiger partial charge is 0.244 e. The van der Waals surface area contributed by atoms with Crippen LogP contribution in [0.4, 0.5) is 0 Å². The monoisotopic (exact) mass is 281 g/mol. The topological polar surface area (TPSA) is 94.3 Å². The SMILES string of the molecule is CC1CCN(S(=O)(=O)c2ccc(C#N)nc2)CC1O. The van der Waals surface area contributed by atoms with Crippen LogP contribution < -0.4 is 0 Å². The van der Waals surface area contributed by atoms with Crippen molar-refractivity contribution in [1.82, 2.24) is 9.29 Å². The van der Waals surface area contributed by atoms with Crippen LogP contribution in [-0.4, -0.2) is 42.0 Å². The zero-order valence-corrected chi connectivity index (χ0v) is 11.3. The van der Waals surface area contributed by atoms with Crippen molar-refractivity contribution >= 4 is 10.0 Å². The highest BCUT2D eigenvalue weighted by molar-refractivity contribution is 7.89. The van der Waals surface area contributed by atoms with Gasteiger partial charge in [-0.05, 0) is 24.5 Å². The lowest BCUT2D eigenvalue weighted by atomic mass is 9.98. The molecule has 2 unspecified atom stereocenters. The first kappa shape index (κ1) is 13.9. The van der Waals surface area contributed by atoms with Crippen LogP contribution in [0.3, 0.4) is 0 Å². The minimum Gasteiger partial charge on any atom is -0.391 e. The highest BCUT2D eigenvalue weighted by atomic mass is 32.2. The molecule has 6 nitrogen and oxygen atoms in total. The highest BCUT2D eigenvalue weighted by Crippen LogP contribution is 2.23. The van der Waals surface area contributed by atoms with Gasteiger partial charge in [0, 0.05) is 19.3 Å². The normalized spacial score (nSPS) is 24.9. The van der Waals surface area contributed by atoms with Gasteiger partial charge < -0.3 is 5.11 Å². The van der Waals surface area contributed by atoms with Gasteiger partial charge in [-0.15, -0.1) is 0 Å². The Morgan fingerprint density at radius 2 is 2.26 bits per heavy atom. The number of aliphatic hydroxyl groups excluding tert-OH is 1. The number of rotatable bonds is 2. The molecule has 7 heteroatoms. The van der Waals surface area contributed by atoms with Gasteiger partial charge >= 0.3 is 0 Å². The largest absolute Gasteiger partial charge is 0.391 e. The van der Waals surface area contributed by atoms with Crippen LogP contribution >= 0.6 is 0 Å². The number of aliphatic hydroxyl groups is 1. The van der Waals surface area contributed by atoms with E-state index in [-0.39, 0.29) is 23.1 Å². The number of pyridine rings is 1. The van der Waals surface area contributed by atoms with E-state index in [0.29, 0.717) is 13.0 Å². The van der Waals surface area contributed by atoms with E-state index in [9.17, 15) is 13.5 Å². The average molecular weight is 281 g/mol. The molecule has 2 heterocycles. The molecule has 0 aromatic carbocycles. The van der Waals surface area contributed by atoms with Crippen molar-refractivity contribution in [3.63, 3.8) is 0 Å². The fourth-order valence-corrected chi connectivity index (χ4v) is 3.41. The maximum Gasteiger partial charge on any atom is 0.244 e. The van der Waals surface area contributed by atoms with Crippen LogP contribution in [0.2, 0.25) is 0 Å². The number of aromatic nitrogens is 1. The summed E-state index contributed by atoms with van der Waals surface area (Å²) in [6.45, 7) is 2.39. The van der Waals surface area contributed by atoms with Crippen molar-refractivity contribution in [3.8, 4) is 6.07 Å². The van der Waals surface area contributed by atoms with Gasteiger partial charge in [-0.1, -0.05) is 6.92 Å². The van der Waals surface area contributed by atoms with E-state index in [1.165, 1.54) is 22.6 Å². The molecular formula is C12H15N3O3S. The molecule has 19 heavy (non-hydrogen) atoms. The third-order valence-corrected chi connectivity index (χ3v) is 5.22. The number of hydrogen-bond donors (Lipinski definition) is 1. The molecule has 0 bridgehead atoms. The summed E-state index contributed by atoms with van der Waals surface area (Å²) in [4.78, 5) is 3.81. The van der Waals surface area contributed by atoms with E-state index >= 15 is 0 Å². The molecule has 1 N–H and O–H groups in total. The second-order valence-corrected chi connectivity index (χ2v) is 6.63. The van der Waals surface area contributed by atoms with Crippen molar-refractivity contribution in [2.24, 2.45) is 5.92 Å². The fraction of sp³-hybridized carbons (Fsp3) is 0.500. The maximum atomic E-state index is 12.3. The summed E-state index contributed by atoms with van der Waals surface area (Å²) in [7, 11) is -3.64. The summed E-state index contributed by atoms with van der Waals surface area (Å²) >= 11 is 0. The summed E-state index contributed by atoms with van der Waals surface area (Å²) in [5.74, 6) is 0.102. The number of nitriles is 1. The Bertz CT molecular complexity index is 592. The molecule has 0 spiro atoms. The van der Waals surface area contributed by atoms with Crippen molar-refractivity contribution in [1.29, 1.82) is 5.26 Å². The maximum absolute atomic E-state index is 12.3. The second kappa shape index (κ2) is 5.25. The zero-order chi connectivity index (χ0) is 14.0. The number of β-amino-alcohol motifs (C(OH)–C–C–N with tert-alkyl or cyclic N) is 1. The van der Waals surface area contributed by atoms with Gasteiger partial charge in [0.1, 0.15) is 16.7 Å². The Morgan fingerprint density at radius 1 is 1.53 bits per heavy atom. The Balaban J connectivity index is 2.25. The summed E-state index contributed by atoms with van der Waals surface area (Å²) in [5.41, 5.74) is 0.172. The number of nitrogens with zero attached hydrogens (tertiary/aromatic N) is 3. The van der Waals surface area contributed by atoms with Crippen LogP contribution in [0.5, 0.6) is 0 Å². The molecule has 1 aliphatic heterocycles. The zero-order valence-electron chi connectivity index (χ0n) is 10.5. The first-order valence-electron chi connectivity index (χ1n) is 5.99. The molecular weight excluding hydrogens is 266 g/mol. The van der Waals surface area contributed by atoms with Crippen molar-refractivity contribution in [3.05, 3.63) is 24.0 Å². The van der Waals surface area contributed by atoms with Gasteiger partial charge in [0.25, 0.3) is 0 Å². The molecule has 1 aromatic rings. The molecule has 0 saturated carbocycles. The lowest BCUT2D eigenvalue weighted by molar-refractivity contribution is 0.0605.